The molecule has 0 spiro atoms. The van der Waals surface area contributed by atoms with Crippen LogP contribution in [0.4, 0.5) is 5.69 Å². The summed E-state index contributed by atoms with van der Waals surface area (Å²) in [6.45, 7) is 2.42. The van der Waals surface area contributed by atoms with Crippen LogP contribution in [0.25, 0.3) is 0 Å². The number of nitrogens with one attached hydrogen (secondary N) is 3. The van der Waals surface area contributed by atoms with E-state index in [-0.39, 0.29) is 5.91 Å². The van der Waals surface area contributed by atoms with Crippen molar-refractivity contribution in [3.05, 3.63) is 84.4 Å². The van der Waals surface area contributed by atoms with Gasteiger partial charge in [-0.1, -0.05) is 48.5 Å². The quantitative estimate of drug-likeness (QED) is 0.622. The number of H-pyrrole nitrogens is 1. The van der Waals surface area contributed by atoms with E-state index in [0.29, 0.717) is 13.0 Å². The van der Waals surface area contributed by atoms with Gasteiger partial charge in [0.15, 0.2) is 0 Å². The van der Waals surface area contributed by atoms with Gasteiger partial charge in [-0.2, -0.15) is 0 Å². The molecule has 5 heteroatoms. The molecule has 0 radical (unpaired) electrons. The van der Waals surface area contributed by atoms with Crippen molar-refractivity contribution in [2.24, 2.45) is 0 Å². The lowest BCUT2D eigenvalue weighted by Gasteiger charge is -2.31. The van der Waals surface area contributed by atoms with Crippen molar-refractivity contribution in [3.8, 4) is 0 Å². The van der Waals surface area contributed by atoms with Crippen LogP contribution < -0.4 is 10.6 Å². The zero-order chi connectivity index (χ0) is 17.5. The van der Waals surface area contributed by atoms with Crippen LogP contribution in [0.2, 0.25) is 0 Å². The first-order chi connectivity index (χ1) is 12.2. The zero-order valence-electron chi connectivity index (χ0n) is 14.2. The molecule has 3 aromatic rings. The molecular weight excluding hydrogens is 312 g/mol. The van der Waals surface area contributed by atoms with Crippen LogP contribution in [0, 0.1) is 0 Å². The van der Waals surface area contributed by atoms with Crippen LogP contribution >= 0.6 is 0 Å². The summed E-state index contributed by atoms with van der Waals surface area (Å²) < 4.78 is 0. The lowest BCUT2D eigenvalue weighted by molar-refractivity contribution is -0.125. The van der Waals surface area contributed by atoms with Gasteiger partial charge in [0.25, 0.3) is 0 Å². The predicted octanol–water partition coefficient (Wildman–Crippen LogP) is 3.10. The van der Waals surface area contributed by atoms with Crippen LogP contribution in [0.1, 0.15) is 18.3 Å². The summed E-state index contributed by atoms with van der Waals surface area (Å²) >= 11 is 0. The Morgan fingerprint density at radius 2 is 1.76 bits per heavy atom. The summed E-state index contributed by atoms with van der Waals surface area (Å²) in [5, 5.41) is 6.40. The minimum Gasteiger partial charge on any atom is -0.368 e. The molecule has 25 heavy (non-hydrogen) atoms. The van der Waals surface area contributed by atoms with Crippen LogP contribution in [-0.2, 0) is 16.8 Å². The number of amides is 1. The van der Waals surface area contributed by atoms with E-state index in [2.05, 4.69) is 20.6 Å². The van der Waals surface area contributed by atoms with E-state index in [0.717, 1.165) is 17.1 Å². The summed E-state index contributed by atoms with van der Waals surface area (Å²) in [6, 6.07) is 19.5. The monoisotopic (exact) mass is 334 g/mol. The van der Waals surface area contributed by atoms with Crippen molar-refractivity contribution in [3.63, 3.8) is 0 Å². The molecule has 0 aliphatic heterocycles. The van der Waals surface area contributed by atoms with Crippen LogP contribution in [0.15, 0.2) is 73.1 Å². The van der Waals surface area contributed by atoms with E-state index >= 15 is 0 Å². The summed E-state index contributed by atoms with van der Waals surface area (Å²) in [5.41, 5.74) is 0.940. The molecule has 0 saturated carbocycles. The van der Waals surface area contributed by atoms with E-state index in [9.17, 15) is 4.79 Å². The second kappa shape index (κ2) is 7.66. The third kappa shape index (κ3) is 4.07. The smallest absolute Gasteiger partial charge is 0.250 e. The van der Waals surface area contributed by atoms with Crippen LogP contribution in [-0.4, -0.2) is 22.4 Å². The number of aromatic amines is 1. The minimum absolute atomic E-state index is 0.0749. The van der Waals surface area contributed by atoms with E-state index in [4.69, 9.17) is 0 Å². The second-order valence-corrected chi connectivity index (χ2v) is 6.02. The molecule has 0 aliphatic carbocycles. The molecule has 1 aromatic heterocycles. The molecule has 0 saturated heterocycles. The Morgan fingerprint density at radius 1 is 1.08 bits per heavy atom. The third-order valence-electron chi connectivity index (χ3n) is 4.18. The van der Waals surface area contributed by atoms with Gasteiger partial charge < -0.3 is 15.6 Å². The van der Waals surface area contributed by atoms with Crippen molar-refractivity contribution >= 4 is 11.6 Å². The van der Waals surface area contributed by atoms with Gasteiger partial charge in [-0.05, 0) is 24.6 Å². The highest BCUT2D eigenvalue weighted by Gasteiger charge is 2.34. The normalized spacial score (nSPS) is 13.0. The number of rotatable bonds is 7. The van der Waals surface area contributed by atoms with Crippen molar-refractivity contribution in [2.75, 3.05) is 11.9 Å². The number of anilines is 1. The maximum absolute atomic E-state index is 13.0. The topological polar surface area (TPSA) is 69.8 Å². The first kappa shape index (κ1) is 16.8. The predicted molar refractivity (Wildman–Crippen MR) is 99.2 cm³/mol. The minimum atomic E-state index is -0.869. The summed E-state index contributed by atoms with van der Waals surface area (Å²) in [5.74, 6) is 0.784. The van der Waals surface area contributed by atoms with Gasteiger partial charge in [-0.25, -0.2) is 4.98 Å². The maximum Gasteiger partial charge on any atom is 0.250 e. The molecule has 3 rings (SSSR count). The largest absolute Gasteiger partial charge is 0.368 e. The molecule has 2 aromatic carbocycles. The number of benzene rings is 2. The number of imidazole rings is 1. The second-order valence-electron chi connectivity index (χ2n) is 6.02. The van der Waals surface area contributed by atoms with Crippen molar-refractivity contribution in [1.82, 2.24) is 15.3 Å². The Labute approximate surface area is 147 Å². The van der Waals surface area contributed by atoms with E-state index in [1.54, 1.807) is 12.4 Å². The summed E-state index contributed by atoms with van der Waals surface area (Å²) in [6.07, 6.45) is 4.15. The van der Waals surface area contributed by atoms with Gasteiger partial charge in [-0.15, -0.1) is 0 Å². The first-order valence-electron chi connectivity index (χ1n) is 8.34. The molecule has 5 nitrogen and oxygen atoms in total. The lowest BCUT2D eigenvalue weighted by atomic mass is 9.90. The number of para-hydroxylation sites is 1. The number of carbonyl (C=O) groups excluding carboxylic acids is 1. The van der Waals surface area contributed by atoms with Gasteiger partial charge in [-0.3, -0.25) is 4.79 Å². The molecule has 1 unspecified atom stereocenters. The highest BCUT2D eigenvalue weighted by atomic mass is 16.2. The van der Waals surface area contributed by atoms with Gasteiger partial charge in [0, 0.05) is 31.0 Å². The van der Waals surface area contributed by atoms with Gasteiger partial charge in [0.2, 0.25) is 5.91 Å². The highest BCUT2D eigenvalue weighted by Crippen LogP contribution is 2.26. The average molecular weight is 334 g/mol. The molecule has 3 N–H and O–H groups in total. The fourth-order valence-corrected chi connectivity index (χ4v) is 2.75. The van der Waals surface area contributed by atoms with Crippen LogP contribution in [0.5, 0.6) is 0 Å². The zero-order valence-corrected chi connectivity index (χ0v) is 14.2. The molecule has 0 fully saturated rings. The fourth-order valence-electron chi connectivity index (χ4n) is 2.75. The Hall–Kier alpha value is -3.08. The molecule has 1 amide bonds. The lowest BCUT2D eigenvalue weighted by Crippen LogP contribution is -2.48. The molecule has 0 bridgehead atoms. The number of hydrogen-bond donors (Lipinski definition) is 3. The molecule has 0 aliphatic rings. The van der Waals surface area contributed by atoms with E-state index in [1.807, 2.05) is 67.6 Å². The summed E-state index contributed by atoms with van der Waals surface area (Å²) in [7, 11) is 0. The van der Waals surface area contributed by atoms with Gasteiger partial charge in [0.05, 0.1) is 0 Å². The number of aromatic nitrogens is 2. The SMILES string of the molecule is CC(Nc1ccccc1)(C(=O)NCCc1ncc[nH]1)c1ccccc1. The molecular formula is C20H22N4O. The summed E-state index contributed by atoms with van der Waals surface area (Å²) in [4.78, 5) is 20.2. The number of hydrogen-bond acceptors (Lipinski definition) is 3. The number of carbonyl (C=O) groups is 1. The van der Waals surface area contributed by atoms with Crippen molar-refractivity contribution in [2.45, 2.75) is 18.9 Å². The Kier molecular flexibility index (Phi) is 5.14. The Balaban J connectivity index is 1.76. The van der Waals surface area contributed by atoms with Crippen molar-refractivity contribution in [1.29, 1.82) is 0 Å². The molecule has 1 atom stereocenters. The fraction of sp³-hybridized carbons (Fsp3) is 0.200. The number of nitrogens with zero attached hydrogens (tertiary/aromatic N) is 1. The van der Waals surface area contributed by atoms with Crippen molar-refractivity contribution < 1.29 is 4.79 Å². The highest BCUT2D eigenvalue weighted by molar-refractivity contribution is 5.90. The molecule has 128 valence electrons. The van der Waals surface area contributed by atoms with E-state index in [1.165, 1.54) is 0 Å². The molecule has 1 heterocycles. The Morgan fingerprint density at radius 3 is 2.40 bits per heavy atom. The first-order valence-corrected chi connectivity index (χ1v) is 8.34. The van der Waals surface area contributed by atoms with Gasteiger partial charge >= 0.3 is 0 Å². The van der Waals surface area contributed by atoms with Crippen LogP contribution in [0.3, 0.4) is 0 Å². The van der Waals surface area contributed by atoms with E-state index < -0.39 is 5.54 Å². The third-order valence-corrected chi connectivity index (χ3v) is 4.18. The standard InChI is InChI=1S/C20H22N4O/c1-20(16-8-4-2-5-9-16,24-17-10-6-3-7-11-17)19(25)23-13-12-18-21-14-15-22-18/h2-11,14-15,24H,12-13H2,1H3,(H,21,22)(H,23,25). The van der Waals surface area contributed by atoms with Gasteiger partial charge in [0.1, 0.15) is 11.4 Å². The Bertz CT molecular complexity index is 787. The maximum atomic E-state index is 13.0. The average Bonchev–Trinajstić information content (AvgIpc) is 3.16.